The summed E-state index contributed by atoms with van der Waals surface area (Å²) >= 11 is 0. The Balaban J connectivity index is 0. The lowest BCUT2D eigenvalue weighted by Gasteiger charge is -2.08. The number of carbonyl (C=O) groups excluding carboxylic acids is 1. The third kappa shape index (κ3) is 25.5. The van der Waals surface area contributed by atoms with Gasteiger partial charge < -0.3 is 29.6 Å². The van der Waals surface area contributed by atoms with Gasteiger partial charge in [0.25, 0.3) is 0 Å². The van der Waals surface area contributed by atoms with Crippen LogP contribution in [0.4, 0.5) is 0 Å². The molecule has 0 radical (unpaired) electrons. The number of amides is 1. The highest BCUT2D eigenvalue weighted by atomic mass is 16.6. The van der Waals surface area contributed by atoms with Crippen LogP contribution in [-0.4, -0.2) is 78.9 Å². The summed E-state index contributed by atoms with van der Waals surface area (Å²) in [7, 11) is 1.89. The van der Waals surface area contributed by atoms with Crippen LogP contribution in [0.5, 0.6) is 0 Å². The molecular weight excluding hydrogens is 336 g/mol. The van der Waals surface area contributed by atoms with Crippen molar-refractivity contribution in [2.45, 2.75) is 46.5 Å². The highest BCUT2D eigenvalue weighted by molar-refractivity contribution is 5.75. The number of unbranched alkanes of at least 4 members (excludes halogenated alkanes) is 2. The summed E-state index contributed by atoms with van der Waals surface area (Å²) in [6.45, 7) is 12.2. The maximum Gasteiger partial charge on any atom is 0.222 e. The van der Waals surface area contributed by atoms with Gasteiger partial charge in [-0.3, -0.25) is 4.79 Å². The Morgan fingerprint density at radius 1 is 0.731 bits per heavy atom. The second-order valence-corrected chi connectivity index (χ2v) is 5.36. The maximum absolute atomic E-state index is 11.5. The normalized spacial score (nSPS) is 10.3. The van der Waals surface area contributed by atoms with Crippen LogP contribution in [0.25, 0.3) is 0 Å². The fraction of sp³-hybridized carbons (Fsp3) is 0.947. The molecule has 0 atom stereocenters. The van der Waals surface area contributed by atoms with Crippen LogP contribution in [0.1, 0.15) is 46.5 Å². The van der Waals surface area contributed by atoms with Crippen molar-refractivity contribution in [3.63, 3.8) is 0 Å². The number of ether oxygens (including phenoxy) is 4. The highest BCUT2D eigenvalue weighted by Gasteiger charge is 2.00. The van der Waals surface area contributed by atoms with Crippen molar-refractivity contribution in [3.8, 4) is 0 Å². The Bertz CT molecular complexity index is 268. The molecule has 0 aliphatic rings. The maximum atomic E-state index is 11.5. The molecule has 0 unspecified atom stereocenters. The van der Waals surface area contributed by atoms with E-state index in [0.717, 1.165) is 32.4 Å². The Labute approximate surface area is 160 Å². The third-order valence-electron chi connectivity index (χ3n) is 3.19. The molecule has 7 heteroatoms. The Kier molecular flexibility index (Phi) is 28.0. The number of carbonyl (C=O) groups is 1. The van der Waals surface area contributed by atoms with E-state index in [1.165, 1.54) is 0 Å². The lowest BCUT2D eigenvalue weighted by molar-refractivity contribution is -0.122. The summed E-state index contributed by atoms with van der Waals surface area (Å²) in [6.07, 6.45) is 3.76. The summed E-state index contributed by atoms with van der Waals surface area (Å²) in [5, 5.41) is 5.89. The number of hydrogen-bond acceptors (Lipinski definition) is 6. The number of hydrogen-bond donors (Lipinski definition) is 2. The number of rotatable bonds is 19. The van der Waals surface area contributed by atoms with E-state index in [4.69, 9.17) is 18.9 Å². The van der Waals surface area contributed by atoms with E-state index < -0.39 is 0 Å². The molecule has 0 spiro atoms. The smallest absolute Gasteiger partial charge is 0.222 e. The Hall–Kier alpha value is -0.730. The first-order valence-electron chi connectivity index (χ1n) is 10.0. The van der Waals surface area contributed by atoms with E-state index >= 15 is 0 Å². The van der Waals surface area contributed by atoms with Gasteiger partial charge in [0.15, 0.2) is 0 Å². The van der Waals surface area contributed by atoms with Crippen molar-refractivity contribution in [3.05, 3.63) is 0 Å². The van der Waals surface area contributed by atoms with Crippen LogP contribution in [0, 0.1) is 0 Å². The predicted molar refractivity (Wildman–Crippen MR) is 106 cm³/mol. The minimum absolute atomic E-state index is 0.0531. The summed E-state index contributed by atoms with van der Waals surface area (Å²) in [6, 6.07) is 0. The van der Waals surface area contributed by atoms with E-state index in [2.05, 4.69) is 17.6 Å². The average Bonchev–Trinajstić information content (AvgIpc) is 2.67. The number of likely N-dealkylation sites (N-methyl/N-ethyl adjacent to an activating group) is 1. The Morgan fingerprint density at radius 2 is 1.23 bits per heavy atom. The first-order chi connectivity index (χ1) is 12.8. The van der Waals surface area contributed by atoms with Gasteiger partial charge in [0.05, 0.1) is 52.9 Å². The Morgan fingerprint density at radius 3 is 1.73 bits per heavy atom. The molecule has 0 fully saturated rings. The van der Waals surface area contributed by atoms with Gasteiger partial charge in [-0.1, -0.05) is 33.6 Å². The lowest BCUT2D eigenvalue weighted by atomic mass is 10.2. The van der Waals surface area contributed by atoms with Gasteiger partial charge in [-0.15, -0.1) is 0 Å². The molecule has 158 valence electrons. The predicted octanol–water partition coefficient (Wildman–Crippen LogP) is 1.99. The molecule has 0 aliphatic heterocycles. The third-order valence-corrected chi connectivity index (χ3v) is 3.19. The summed E-state index contributed by atoms with van der Waals surface area (Å²) in [5.74, 6) is 0.0531. The van der Waals surface area contributed by atoms with Gasteiger partial charge in [-0.2, -0.15) is 0 Å². The molecule has 0 aromatic rings. The largest absolute Gasteiger partial charge is 0.379 e. The standard InChI is InChI=1S/C17H36N2O5.C2H6/c1-3-4-5-7-19-17(20)6-9-21-11-13-23-15-16-24-14-12-22-10-8-18-2;1-2/h18H,3-16H2,1-2H3,(H,19,20);1-2H3. The van der Waals surface area contributed by atoms with E-state index in [1.807, 2.05) is 20.9 Å². The van der Waals surface area contributed by atoms with Crippen LogP contribution >= 0.6 is 0 Å². The zero-order valence-corrected chi connectivity index (χ0v) is 17.4. The molecule has 0 aliphatic carbocycles. The molecule has 7 nitrogen and oxygen atoms in total. The van der Waals surface area contributed by atoms with Crippen LogP contribution in [-0.2, 0) is 23.7 Å². The fourth-order valence-electron chi connectivity index (χ4n) is 1.79. The van der Waals surface area contributed by atoms with Crippen molar-refractivity contribution in [2.24, 2.45) is 0 Å². The molecule has 0 aromatic carbocycles. The summed E-state index contributed by atoms with van der Waals surface area (Å²) < 4.78 is 21.4. The van der Waals surface area contributed by atoms with E-state index in [1.54, 1.807) is 0 Å². The minimum atomic E-state index is 0.0531. The van der Waals surface area contributed by atoms with Crippen molar-refractivity contribution < 1.29 is 23.7 Å². The lowest BCUT2D eigenvalue weighted by Crippen LogP contribution is -2.25. The first-order valence-corrected chi connectivity index (χ1v) is 10.0. The molecule has 0 saturated carbocycles. The zero-order valence-electron chi connectivity index (χ0n) is 17.4. The van der Waals surface area contributed by atoms with E-state index in [-0.39, 0.29) is 5.91 Å². The molecule has 0 heterocycles. The second kappa shape index (κ2) is 26.5. The molecule has 0 saturated heterocycles. The summed E-state index contributed by atoms with van der Waals surface area (Å²) in [4.78, 5) is 11.5. The molecule has 0 rings (SSSR count). The van der Waals surface area contributed by atoms with Gasteiger partial charge in [-0.25, -0.2) is 0 Å². The molecule has 0 bridgehead atoms. The molecule has 26 heavy (non-hydrogen) atoms. The molecular formula is C19H42N2O5. The molecule has 1 amide bonds. The SMILES string of the molecule is CC.CCCCCNC(=O)CCOCCOCCOCCOCCNC. The van der Waals surface area contributed by atoms with Gasteiger partial charge in [-0.05, 0) is 13.5 Å². The topological polar surface area (TPSA) is 78.1 Å². The van der Waals surface area contributed by atoms with Crippen LogP contribution in [0.15, 0.2) is 0 Å². The van der Waals surface area contributed by atoms with Gasteiger partial charge in [0.1, 0.15) is 0 Å². The van der Waals surface area contributed by atoms with Gasteiger partial charge in [0, 0.05) is 19.5 Å². The van der Waals surface area contributed by atoms with Crippen LogP contribution in [0.2, 0.25) is 0 Å². The van der Waals surface area contributed by atoms with Gasteiger partial charge in [0.2, 0.25) is 5.91 Å². The first kappa shape index (κ1) is 27.5. The summed E-state index contributed by atoms with van der Waals surface area (Å²) in [5.41, 5.74) is 0. The van der Waals surface area contributed by atoms with Crippen molar-refractivity contribution in [1.82, 2.24) is 10.6 Å². The van der Waals surface area contributed by atoms with Crippen molar-refractivity contribution >= 4 is 5.91 Å². The van der Waals surface area contributed by atoms with Crippen molar-refractivity contribution in [1.29, 1.82) is 0 Å². The van der Waals surface area contributed by atoms with Crippen LogP contribution < -0.4 is 10.6 Å². The van der Waals surface area contributed by atoms with Crippen LogP contribution in [0.3, 0.4) is 0 Å². The zero-order chi connectivity index (χ0) is 19.7. The molecule has 2 N–H and O–H groups in total. The van der Waals surface area contributed by atoms with Crippen molar-refractivity contribution in [2.75, 3.05) is 73.0 Å². The molecule has 0 aromatic heterocycles. The average molecular weight is 379 g/mol. The fourth-order valence-corrected chi connectivity index (χ4v) is 1.79. The second-order valence-electron chi connectivity index (χ2n) is 5.36. The quantitative estimate of drug-likeness (QED) is 0.335. The number of nitrogens with one attached hydrogen (secondary N) is 2. The van der Waals surface area contributed by atoms with E-state index in [9.17, 15) is 4.79 Å². The van der Waals surface area contributed by atoms with E-state index in [0.29, 0.717) is 59.3 Å². The minimum Gasteiger partial charge on any atom is -0.379 e. The highest BCUT2D eigenvalue weighted by Crippen LogP contribution is 1.92. The van der Waals surface area contributed by atoms with Gasteiger partial charge >= 0.3 is 0 Å². The monoisotopic (exact) mass is 378 g/mol.